The predicted octanol–water partition coefficient (Wildman–Crippen LogP) is 2.95. The lowest BCUT2D eigenvalue weighted by Crippen LogP contribution is -2.34. The minimum absolute atomic E-state index is 0.0596. The topological polar surface area (TPSA) is 32.3 Å². The summed E-state index contributed by atoms with van der Waals surface area (Å²) in [6.45, 7) is 4.22. The van der Waals surface area contributed by atoms with E-state index in [1.54, 1.807) is 6.07 Å². The number of nitrogens with zero attached hydrogens (tertiary/aromatic N) is 1. The molecular formula is C15H21FN2O. The molecule has 1 aliphatic rings. The maximum atomic E-state index is 13.1. The largest absolute Gasteiger partial charge is 0.325 e. The van der Waals surface area contributed by atoms with Gasteiger partial charge >= 0.3 is 0 Å². The fourth-order valence-electron chi connectivity index (χ4n) is 2.42. The monoisotopic (exact) mass is 264 g/mol. The molecular weight excluding hydrogens is 243 g/mol. The molecule has 2 rings (SSSR count). The van der Waals surface area contributed by atoms with Crippen molar-refractivity contribution in [3.05, 3.63) is 29.6 Å². The van der Waals surface area contributed by atoms with Crippen LogP contribution in [0.15, 0.2) is 18.2 Å². The summed E-state index contributed by atoms with van der Waals surface area (Å²) >= 11 is 0. The molecule has 1 aliphatic heterocycles. The number of rotatable bonds is 3. The van der Waals surface area contributed by atoms with Gasteiger partial charge < -0.3 is 5.32 Å². The smallest absolute Gasteiger partial charge is 0.238 e. The molecule has 3 nitrogen and oxygen atoms in total. The molecule has 0 radical (unpaired) electrons. The summed E-state index contributed by atoms with van der Waals surface area (Å²) in [5, 5.41) is 2.80. The number of hydrogen-bond donors (Lipinski definition) is 1. The van der Waals surface area contributed by atoms with Crippen LogP contribution in [0, 0.1) is 12.7 Å². The molecule has 0 aliphatic carbocycles. The Hall–Kier alpha value is -1.42. The third-order valence-electron chi connectivity index (χ3n) is 3.54. The van der Waals surface area contributed by atoms with Crippen LogP contribution < -0.4 is 5.32 Å². The molecule has 1 saturated heterocycles. The molecule has 4 heteroatoms. The van der Waals surface area contributed by atoms with Crippen molar-refractivity contribution in [2.45, 2.75) is 32.6 Å². The number of carbonyl (C=O) groups excluding carboxylic acids is 1. The van der Waals surface area contributed by atoms with E-state index in [1.807, 2.05) is 6.92 Å². The number of hydrogen-bond acceptors (Lipinski definition) is 2. The molecule has 104 valence electrons. The number of halogens is 1. The van der Waals surface area contributed by atoms with E-state index in [4.69, 9.17) is 0 Å². The Morgan fingerprint density at radius 2 is 1.95 bits per heavy atom. The zero-order chi connectivity index (χ0) is 13.7. The number of nitrogens with one attached hydrogen (secondary N) is 1. The van der Waals surface area contributed by atoms with Gasteiger partial charge in [0, 0.05) is 5.69 Å². The molecule has 0 aromatic heterocycles. The van der Waals surface area contributed by atoms with Gasteiger partial charge in [0.1, 0.15) is 5.82 Å². The first-order chi connectivity index (χ1) is 9.15. The summed E-state index contributed by atoms with van der Waals surface area (Å²) in [6, 6.07) is 4.45. The molecule has 1 N–H and O–H groups in total. The Morgan fingerprint density at radius 1 is 1.26 bits per heavy atom. The molecule has 19 heavy (non-hydrogen) atoms. The van der Waals surface area contributed by atoms with Gasteiger partial charge in [-0.1, -0.05) is 18.9 Å². The van der Waals surface area contributed by atoms with Crippen molar-refractivity contribution in [1.29, 1.82) is 0 Å². The van der Waals surface area contributed by atoms with E-state index in [9.17, 15) is 9.18 Å². The molecule has 1 aromatic carbocycles. The van der Waals surface area contributed by atoms with Crippen molar-refractivity contribution < 1.29 is 9.18 Å². The van der Waals surface area contributed by atoms with Gasteiger partial charge in [-0.25, -0.2) is 4.39 Å². The Morgan fingerprint density at radius 3 is 2.63 bits per heavy atom. The second-order valence-corrected chi connectivity index (χ2v) is 5.20. The van der Waals surface area contributed by atoms with E-state index in [0.29, 0.717) is 12.2 Å². The number of carbonyl (C=O) groups is 1. The molecule has 0 spiro atoms. The highest BCUT2D eigenvalue weighted by Gasteiger charge is 2.13. The zero-order valence-electron chi connectivity index (χ0n) is 11.4. The van der Waals surface area contributed by atoms with Crippen LogP contribution in [0.1, 0.15) is 31.2 Å². The van der Waals surface area contributed by atoms with Crippen molar-refractivity contribution >= 4 is 11.6 Å². The van der Waals surface area contributed by atoms with E-state index >= 15 is 0 Å². The minimum Gasteiger partial charge on any atom is -0.325 e. The fourth-order valence-corrected chi connectivity index (χ4v) is 2.42. The highest BCUT2D eigenvalue weighted by atomic mass is 19.1. The van der Waals surface area contributed by atoms with E-state index in [2.05, 4.69) is 10.2 Å². The number of aryl methyl sites for hydroxylation is 1. The van der Waals surface area contributed by atoms with Crippen LogP contribution in [0.5, 0.6) is 0 Å². The fraction of sp³-hybridized carbons (Fsp3) is 0.533. The third kappa shape index (κ3) is 4.31. The number of amides is 1. The number of likely N-dealkylation sites (tertiary alicyclic amines) is 1. The van der Waals surface area contributed by atoms with Crippen molar-refractivity contribution in [1.82, 2.24) is 4.90 Å². The van der Waals surface area contributed by atoms with Crippen LogP contribution in [0.4, 0.5) is 10.1 Å². The first-order valence-electron chi connectivity index (χ1n) is 6.93. The lowest BCUT2D eigenvalue weighted by molar-refractivity contribution is -0.117. The normalized spacial score (nSPS) is 16.9. The molecule has 1 fully saturated rings. The molecule has 1 amide bonds. The van der Waals surface area contributed by atoms with Crippen LogP contribution in [-0.2, 0) is 4.79 Å². The SMILES string of the molecule is Cc1ccc(F)cc1NC(=O)CN1CCCCCC1. The average molecular weight is 264 g/mol. The van der Waals surface area contributed by atoms with Crippen molar-refractivity contribution in [2.75, 3.05) is 25.0 Å². The highest BCUT2D eigenvalue weighted by Crippen LogP contribution is 2.16. The van der Waals surface area contributed by atoms with Crippen LogP contribution in [0.2, 0.25) is 0 Å². The van der Waals surface area contributed by atoms with Crippen molar-refractivity contribution in [3.8, 4) is 0 Å². The summed E-state index contributed by atoms with van der Waals surface area (Å²) in [5.41, 5.74) is 1.45. The molecule has 0 saturated carbocycles. The van der Waals surface area contributed by atoms with Gasteiger partial charge in [0.05, 0.1) is 6.54 Å². The first-order valence-corrected chi connectivity index (χ1v) is 6.93. The average Bonchev–Trinajstić information content (AvgIpc) is 2.62. The summed E-state index contributed by atoms with van der Waals surface area (Å²) in [4.78, 5) is 14.2. The van der Waals surface area contributed by atoms with Gasteiger partial charge in [-0.2, -0.15) is 0 Å². The molecule has 0 unspecified atom stereocenters. The lowest BCUT2D eigenvalue weighted by Gasteiger charge is -2.19. The van der Waals surface area contributed by atoms with Gasteiger partial charge in [-0.15, -0.1) is 0 Å². The predicted molar refractivity (Wildman–Crippen MR) is 74.7 cm³/mol. The zero-order valence-corrected chi connectivity index (χ0v) is 11.4. The Labute approximate surface area is 113 Å². The molecule has 1 aromatic rings. The molecule has 0 bridgehead atoms. The van der Waals surface area contributed by atoms with Gasteiger partial charge in [0.25, 0.3) is 0 Å². The second kappa shape index (κ2) is 6.66. The van der Waals surface area contributed by atoms with Crippen LogP contribution >= 0.6 is 0 Å². The minimum atomic E-state index is -0.323. The van der Waals surface area contributed by atoms with E-state index < -0.39 is 0 Å². The van der Waals surface area contributed by atoms with E-state index in [0.717, 1.165) is 31.5 Å². The highest BCUT2D eigenvalue weighted by molar-refractivity contribution is 5.92. The number of anilines is 1. The van der Waals surface area contributed by atoms with Gasteiger partial charge in [-0.3, -0.25) is 9.69 Å². The van der Waals surface area contributed by atoms with Crippen LogP contribution in [-0.4, -0.2) is 30.4 Å². The Balaban J connectivity index is 1.91. The summed E-state index contributed by atoms with van der Waals surface area (Å²) in [6.07, 6.45) is 4.82. The maximum absolute atomic E-state index is 13.1. The Bertz CT molecular complexity index is 440. The maximum Gasteiger partial charge on any atom is 0.238 e. The summed E-state index contributed by atoms with van der Waals surface area (Å²) in [5.74, 6) is -0.383. The van der Waals surface area contributed by atoms with Crippen LogP contribution in [0.25, 0.3) is 0 Å². The van der Waals surface area contributed by atoms with Gasteiger partial charge in [0.15, 0.2) is 0 Å². The van der Waals surface area contributed by atoms with Gasteiger partial charge in [0.2, 0.25) is 5.91 Å². The quantitative estimate of drug-likeness (QED) is 0.910. The second-order valence-electron chi connectivity index (χ2n) is 5.20. The molecule has 1 heterocycles. The standard InChI is InChI=1S/C15H21FN2O/c1-12-6-7-13(16)10-14(12)17-15(19)11-18-8-4-2-3-5-9-18/h6-7,10H,2-5,8-9,11H2,1H3,(H,17,19). The third-order valence-corrected chi connectivity index (χ3v) is 3.54. The molecule has 0 atom stereocenters. The van der Waals surface area contributed by atoms with Gasteiger partial charge in [-0.05, 0) is 50.6 Å². The summed E-state index contributed by atoms with van der Waals surface area (Å²) in [7, 11) is 0. The van der Waals surface area contributed by atoms with Crippen LogP contribution in [0.3, 0.4) is 0 Å². The van der Waals surface area contributed by atoms with E-state index in [-0.39, 0.29) is 11.7 Å². The summed E-state index contributed by atoms with van der Waals surface area (Å²) < 4.78 is 13.1. The number of benzene rings is 1. The van der Waals surface area contributed by atoms with E-state index in [1.165, 1.54) is 25.0 Å². The van der Waals surface area contributed by atoms with Crippen molar-refractivity contribution in [2.24, 2.45) is 0 Å². The lowest BCUT2D eigenvalue weighted by atomic mass is 10.2. The first kappa shape index (κ1) is 14.0. The van der Waals surface area contributed by atoms with Crippen molar-refractivity contribution in [3.63, 3.8) is 0 Å². The Kier molecular flexibility index (Phi) is 4.91.